The summed E-state index contributed by atoms with van der Waals surface area (Å²) in [5.74, 6) is 0.0345. The summed E-state index contributed by atoms with van der Waals surface area (Å²) in [6.07, 6.45) is 1.65. The summed E-state index contributed by atoms with van der Waals surface area (Å²) in [7, 11) is 3.73. The molecule has 0 aliphatic heterocycles. The minimum absolute atomic E-state index is 0.181. The third-order valence-corrected chi connectivity index (χ3v) is 4.81. The highest BCUT2D eigenvalue weighted by Gasteiger charge is 2.20. The van der Waals surface area contributed by atoms with Gasteiger partial charge in [0.25, 0.3) is 0 Å². The predicted molar refractivity (Wildman–Crippen MR) is 110 cm³/mol. The molecule has 28 heavy (non-hydrogen) atoms. The quantitative estimate of drug-likeness (QED) is 0.391. The number of ether oxygens (including phenoxy) is 1. The number of benzene rings is 2. The fourth-order valence-electron chi connectivity index (χ4n) is 2.41. The van der Waals surface area contributed by atoms with Crippen molar-refractivity contribution in [1.82, 2.24) is 9.27 Å². The fourth-order valence-corrected chi connectivity index (χ4v) is 3.34. The molecule has 0 atom stereocenters. The molecule has 2 aromatic carbocycles. The molecule has 0 saturated carbocycles. The first kappa shape index (κ1) is 19.8. The number of hydrogen-bond donors (Lipinski definition) is 0. The Morgan fingerprint density at radius 3 is 2.75 bits per heavy atom. The van der Waals surface area contributed by atoms with Gasteiger partial charge in [-0.05, 0) is 30.7 Å². The van der Waals surface area contributed by atoms with Crippen LogP contribution in [0.25, 0.3) is 11.3 Å². The van der Waals surface area contributed by atoms with Gasteiger partial charge < -0.3 is 9.64 Å². The molecule has 0 spiro atoms. The molecule has 0 aliphatic rings. The van der Waals surface area contributed by atoms with Crippen molar-refractivity contribution < 1.29 is 9.13 Å². The molecule has 0 radical (unpaired) electrons. The fraction of sp³-hybridized carbons (Fsp3) is 0.150. The van der Waals surface area contributed by atoms with Gasteiger partial charge in [0.15, 0.2) is 0 Å². The van der Waals surface area contributed by atoms with Gasteiger partial charge in [-0.15, -0.1) is 0 Å². The van der Waals surface area contributed by atoms with Gasteiger partial charge in [0.2, 0.25) is 5.06 Å². The standard InChI is InChI=1S/C20H16ClFN4OS/c1-12-8-17(24-11-26(2)3)15(21)9-18(12)27-20-14(10-23)19(25-28-20)13-6-4-5-7-16(13)22/h4-9,11H,1-3H3/b24-11-. The largest absolute Gasteiger partial charge is 0.443 e. The second kappa shape index (κ2) is 8.38. The maximum atomic E-state index is 14.1. The molecule has 0 fully saturated rings. The summed E-state index contributed by atoms with van der Waals surface area (Å²) in [5.41, 5.74) is 2.10. The summed E-state index contributed by atoms with van der Waals surface area (Å²) in [6, 6.07) is 11.7. The molecule has 0 bridgehead atoms. The van der Waals surface area contributed by atoms with E-state index in [1.807, 2.05) is 21.0 Å². The Morgan fingerprint density at radius 1 is 1.32 bits per heavy atom. The maximum Gasteiger partial charge on any atom is 0.218 e. The maximum absolute atomic E-state index is 14.1. The van der Waals surface area contributed by atoms with Crippen LogP contribution in [0.1, 0.15) is 11.1 Å². The van der Waals surface area contributed by atoms with E-state index in [1.54, 1.807) is 41.6 Å². The van der Waals surface area contributed by atoms with E-state index >= 15 is 0 Å². The zero-order valence-electron chi connectivity index (χ0n) is 15.4. The van der Waals surface area contributed by atoms with Crippen LogP contribution >= 0.6 is 23.1 Å². The molecule has 142 valence electrons. The highest BCUT2D eigenvalue weighted by molar-refractivity contribution is 7.08. The van der Waals surface area contributed by atoms with Crippen LogP contribution in [0.2, 0.25) is 5.02 Å². The second-order valence-electron chi connectivity index (χ2n) is 6.16. The second-order valence-corrected chi connectivity index (χ2v) is 7.31. The van der Waals surface area contributed by atoms with Crippen LogP contribution in [0.5, 0.6) is 10.8 Å². The number of aryl methyl sites for hydroxylation is 1. The number of hydrogen-bond acceptors (Lipinski definition) is 5. The Bertz CT molecular complexity index is 1090. The summed E-state index contributed by atoms with van der Waals surface area (Å²) >= 11 is 7.30. The zero-order chi connectivity index (χ0) is 20.3. The lowest BCUT2D eigenvalue weighted by Crippen LogP contribution is -2.07. The molecule has 0 saturated heterocycles. The Morgan fingerprint density at radius 2 is 2.07 bits per heavy atom. The van der Waals surface area contributed by atoms with Crippen molar-refractivity contribution in [1.29, 1.82) is 5.26 Å². The van der Waals surface area contributed by atoms with Gasteiger partial charge in [-0.3, -0.25) is 0 Å². The van der Waals surface area contributed by atoms with Gasteiger partial charge in [-0.25, -0.2) is 9.38 Å². The SMILES string of the molecule is Cc1cc(/N=C\N(C)C)c(Cl)cc1Oc1snc(-c2ccccc2F)c1C#N. The molecule has 3 rings (SSSR count). The van der Waals surface area contributed by atoms with Crippen LogP contribution in [0, 0.1) is 24.1 Å². The first-order valence-electron chi connectivity index (χ1n) is 8.24. The normalized spacial score (nSPS) is 10.9. The van der Waals surface area contributed by atoms with E-state index in [2.05, 4.69) is 15.4 Å². The van der Waals surface area contributed by atoms with Crippen molar-refractivity contribution >= 4 is 35.2 Å². The summed E-state index contributed by atoms with van der Waals surface area (Å²) in [4.78, 5) is 6.11. The Balaban J connectivity index is 1.96. The van der Waals surface area contributed by atoms with Crippen molar-refractivity contribution in [2.75, 3.05) is 14.1 Å². The lowest BCUT2D eigenvalue weighted by molar-refractivity contribution is 0.491. The van der Waals surface area contributed by atoms with Gasteiger partial charge in [0.05, 0.1) is 17.0 Å². The van der Waals surface area contributed by atoms with E-state index in [0.29, 0.717) is 16.5 Å². The number of aliphatic imine (C=N–C) groups is 1. The van der Waals surface area contributed by atoms with E-state index < -0.39 is 5.82 Å². The van der Waals surface area contributed by atoms with Crippen LogP contribution in [0.3, 0.4) is 0 Å². The molecule has 0 aliphatic carbocycles. The van der Waals surface area contributed by atoms with Gasteiger partial charge in [-0.2, -0.15) is 9.64 Å². The molecule has 1 aromatic heterocycles. The Labute approximate surface area is 171 Å². The number of aromatic nitrogens is 1. The zero-order valence-corrected chi connectivity index (χ0v) is 17.0. The highest BCUT2D eigenvalue weighted by atomic mass is 35.5. The number of nitrogens with zero attached hydrogens (tertiary/aromatic N) is 4. The van der Waals surface area contributed by atoms with Crippen LogP contribution in [0.4, 0.5) is 10.1 Å². The van der Waals surface area contributed by atoms with Gasteiger partial charge in [0.1, 0.15) is 28.9 Å². The van der Waals surface area contributed by atoms with Crippen LogP contribution < -0.4 is 4.74 Å². The molecule has 0 N–H and O–H groups in total. The van der Waals surface area contributed by atoms with Crippen LogP contribution in [0.15, 0.2) is 41.4 Å². The average molecular weight is 415 g/mol. The van der Waals surface area contributed by atoms with Crippen LogP contribution in [-0.2, 0) is 0 Å². The van der Waals surface area contributed by atoms with E-state index in [4.69, 9.17) is 16.3 Å². The smallest absolute Gasteiger partial charge is 0.218 e. The van der Waals surface area contributed by atoms with E-state index in [1.165, 1.54) is 6.07 Å². The molecule has 8 heteroatoms. The molecule has 3 aromatic rings. The molecule has 5 nitrogen and oxygen atoms in total. The molecule has 0 amide bonds. The minimum Gasteiger partial charge on any atom is -0.443 e. The van der Waals surface area contributed by atoms with Gasteiger partial charge in [0, 0.05) is 37.3 Å². The van der Waals surface area contributed by atoms with Crippen molar-refractivity contribution in [2.45, 2.75) is 6.92 Å². The first-order valence-corrected chi connectivity index (χ1v) is 9.39. The lowest BCUT2D eigenvalue weighted by atomic mass is 10.1. The Kier molecular flexibility index (Phi) is 5.93. The minimum atomic E-state index is -0.446. The number of rotatable bonds is 5. The third-order valence-electron chi connectivity index (χ3n) is 3.78. The summed E-state index contributed by atoms with van der Waals surface area (Å²) in [6.45, 7) is 1.85. The highest BCUT2D eigenvalue weighted by Crippen LogP contribution is 2.40. The monoisotopic (exact) mass is 414 g/mol. The first-order chi connectivity index (χ1) is 13.4. The van der Waals surface area contributed by atoms with Crippen molar-refractivity contribution in [3.63, 3.8) is 0 Å². The molecule has 0 unspecified atom stereocenters. The van der Waals surface area contributed by atoms with Gasteiger partial charge >= 0.3 is 0 Å². The molecular formula is C20H16ClFN4OS. The van der Waals surface area contributed by atoms with E-state index in [0.717, 1.165) is 17.1 Å². The third kappa shape index (κ3) is 4.14. The predicted octanol–water partition coefficient (Wildman–Crippen LogP) is 5.80. The van der Waals surface area contributed by atoms with Gasteiger partial charge in [-0.1, -0.05) is 23.7 Å². The number of nitriles is 1. The molecular weight excluding hydrogens is 399 g/mol. The number of halogens is 2. The Hall–Kier alpha value is -2.95. The average Bonchev–Trinajstić information content (AvgIpc) is 3.06. The van der Waals surface area contributed by atoms with Crippen molar-refractivity contribution in [3.8, 4) is 28.1 Å². The van der Waals surface area contributed by atoms with Crippen molar-refractivity contribution in [2.24, 2.45) is 4.99 Å². The topological polar surface area (TPSA) is 61.5 Å². The van der Waals surface area contributed by atoms with Crippen LogP contribution in [-0.4, -0.2) is 29.7 Å². The summed E-state index contributed by atoms with van der Waals surface area (Å²) < 4.78 is 24.2. The van der Waals surface area contributed by atoms with Crippen molar-refractivity contribution in [3.05, 3.63) is 58.4 Å². The molecule has 1 heterocycles. The van der Waals surface area contributed by atoms with E-state index in [-0.39, 0.29) is 21.9 Å². The lowest BCUT2D eigenvalue weighted by Gasteiger charge is -2.10. The summed E-state index contributed by atoms with van der Waals surface area (Å²) in [5, 5.41) is 10.3. The van der Waals surface area contributed by atoms with E-state index in [9.17, 15) is 9.65 Å².